The van der Waals surface area contributed by atoms with E-state index in [4.69, 9.17) is 9.97 Å². The standard InChI is InChI=1S/C26H20N2/c1-17-15-27-25-21(23(17)19-9-5-3-6-10-19)13-14-22-24(18(2)16-28-26(22)25)20-11-7-4-8-12-20/h3-16H,1-2H3. The first-order valence-corrected chi connectivity index (χ1v) is 9.52. The van der Waals surface area contributed by atoms with E-state index in [1.165, 1.54) is 33.4 Å². The third-order valence-electron chi connectivity index (χ3n) is 5.38. The van der Waals surface area contributed by atoms with Crippen LogP contribution in [0, 0.1) is 13.8 Å². The Kier molecular flexibility index (Phi) is 3.91. The number of hydrogen-bond acceptors (Lipinski definition) is 2. The lowest BCUT2D eigenvalue weighted by Crippen LogP contribution is -1.94. The normalized spacial score (nSPS) is 11.2. The number of fused-ring (bicyclic) bond motifs is 3. The number of hydrogen-bond donors (Lipinski definition) is 0. The van der Waals surface area contributed by atoms with Gasteiger partial charge in [0.2, 0.25) is 0 Å². The molecule has 0 N–H and O–H groups in total. The number of benzene rings is 3. The van der Waals surface area contributed by atoms with Gasteiger partial charge in [-0.05, 0) is 47.2 Å². The summed E-state index contributed by atoms with van der Waals surface area (Å²) >= 11 is 0. The summed E-state index contributed by atoms with van der Waals surface area (Å²) < 4.78 is 0. The molecule has 0 aliphatic heterocycles. The number of nitrogens with zero attached hydrogens (tertiary/aromatic N) is 2. The van der Waals surface area contributed by atoms with Crippen LogP contribution in [0.2, 0.25) is 0 Å². The van der Waals surface area contributed by atoms with E-state index in [0.29, 0.717) is 0 Å². The minimum Gasteiger partial charge on any atom is -0.254 e. The fourth-order valence-corrected chi connectivity index (χ4v) is 4.10. The van der Waals surface area contributed by atoms with E-state index in [-0.39, 0.29) is 0 Å². The number of aryl methyl sites for hydroxylation is 2. The molecule has 28 heavy (non-hydrogen) atoms. The van der Waals surface area contributed by atoms with Crippen molar-refractivity contribution in [3.63, 3.8) is 0 Å². The first kappa shape index (κ1) is 16.6. The second-order valence-electron chi connectivity index (χ2n) is 7.22. The quantitative estimate of drug-likeness (QED) is 0.326. The molecule has 0 saturated carbocycles. The zero-order valence-corrected chi connectivity index (χ0v) is 16.0. The van der Waals surface area contributed by atoms with Crippen molar-refractivity contribution in [1.82, 2.24) is 9.97 Å². The first-order chi connectivity index (χ1) is 13.7. The second kappa shape index (κ2) is 6.58. The van der Waals surface area contributed by atoms with Crippen LogP contribution in [-0.2, 0) is 0 Å². The predicted octanol–water partition coefficient (Wildman–Crippen LogP) is 6.73. The van der Waals surface area contributed by atoms with Gasteiger partial charge >= 0.3 is 0 Å². The average Bonchev–Trinajstić information content (AvgIpc) is 2.74. The van der Waals surface area contributed by atoms with Crippen molar-refractivity contribution in [2.45, 2.75) is 13.8 Å². The first-order valence-electron chi connectivity index (χ1n) is 9.52. The Morgan fingerprint density at radius 1 is 0.500 bits per heavy atom. The van der Waals surface area contributed by atoms with Gasteiger partial charge in [-0.15, -0.1) is 0 Å². The Morgan fingerprint density at radius 2 is 0.893 bits per heavy atom. The Hall–Kier alpha value is -3.52. The zero-order chi connectivity index (χ0) is 19.1. The molecule has 2 heteroatoms. The Morgan fingerprint density at radius 3 is 1.29 bits per heavy atom. The minimum absolute atomic E-state index is 0.958. The number of pyridine rings is 2. The van der Waals surface area contributed by atoms with Gasteiger partial charge in [0.05, 0.1) is 11.0 Å². The summed E-state index contributed by atoms with van der Waals surface area (Å²) in [6, 6.07) is 25.5. The van der Waals surface area contributed by atoms with Crippen LogP contribution in [0.5, 0.6) is 0 Å². The van der Waals surface area contributed by atoms with Crippen LogP contribution in [-0.4, -0.2) is 9.97 Å². The molecule has 0 fully saturated rings. The topological polar surface area (TPSA) is 25.8 Å². The van der Waals surface area contributed by atoms with Gasteiger partial charge < -0.3 is 0 Å². The van der Waals surface area contributed by atoms with Crippen LogP contribution < -0.4 is 0 Å². The summed E-state index contributed by atoms with van der Waals surface area (Å²) in [7, 11) is 0. The van der Waals surface area contributed by atoms with Crippen LogP contribution in [0.25, 0.3) is 44.1 Å². The molecule has 0 atom stereocenters. The molecule has 3 aromatic carbocycles. The van der Waals surface area contributed by atoms with Crippen molar-refractivity contribution in [2.75, 3.05) is 0 Å². The smallest absolute Gasteiger partial charge is 0.0971 e. The second-order valence-corrected chi connectivity index (χ2v) is 7.22. The SMILES string of the molecule is Cc1cnc2c(ccc3c(-c4ccccc4)c(C)cnc32)c1-c1ccccc1. The van der Waals surface area contributed by atoms with Crippen LogP contribution >= 0.6 is 0 Å². The van der Waals surface area contributed by atoms with Crippen molar-refractivity contribution in [3.8, 4) is 22.3 Å². The fraction of sp³-hybridized carbons (Fsp3) is 0.0769. The van der Waals surface area contributed by atoms with Gasteiger partial charge in [-0.25, -0.2) is 0 Å². The van der Waals surface area contributed by atoms with Gasteiger partial charge in [0.15, 0.2) is 0 Å². The van der Waals surface area contributed by atoms with E-state index in [0.717, 1.165) is 21.8 Å². The summed E-state index contributed by atoms with van der Waals surface area (Å²) in [5.41, 5.74) is 9.15. The van der Waals surface area contributed by atoms with Gasteiger partial charge in [-0.1, -0.05) is 72.8 Å². The van der Waals surface area contributed by atoms with Crippen LogP contribution in [0.1, 0.15) is 11.1 Å². The highest BCUT2D eigenvalue weighted by atomic mass is 14.7. The van der Waals surface area contributed by atoms with Crippen LogP contribution in [0.3, 0.4) is 0 Å². The summed E-state index contributed by atoms with van der Waals surface area (Å²) in [4.78, 5) is 9.59. The third-order valence-corrected chi connectivity index (χ3v) is 5.38. The van der Waals surface area contributed by atoms with E-state index in [1.54, 1.807) is 0 Å². The summed E-state index contributed by atoms with van der Waals surface area (Å²) in [5, 5.41) is 2.29. The lowest BCUT2D eigenvalue weighted by molar-refractivity contribution is 1.30. The maximum absolute atomic E-state index is 4.80. The van der Waals surface area contributed by atoms with Gasteiger partial charge in [0, 0.05) is 23.2 Å². The minimum atomic E-state index is 0.958. The molecule has 0 aliphatic rings. The molecule has 0 aliphatic carbocycles. The molecule has 2 nitrogen and oxygen atoms in total. The molecule has 0 saturated heterocycles. The van der Waals surface area contributed by atoms with Crippen molar-refractivity contribution in [3.05, 3.63) is 96.3 Å². The Balaban J connectivity index is 1.88. The Bertz CT molecular complexity index is 1200. The Labute approximate surface area is 164 Å². The molecule has 2 heterocycles. The van der Waals surface area contributed by atoms with Crippen molar-refractivity contribution < 1.29 is 0 Å². The third kappa shape index (κ3) is 2.57. The van der Waals surface area contributed by atoms with Gasteiger partial charge in [0.25, 0.3) is 0 Å². The molecular formula is C26H20N2. The largest absolute Gasteiger partial charge is 0.254 e. The van der Waals surface area contributed by atoms with Gasteiger partial charge in [-0.2, -0.15) is 0 Å². The van der Waals surface area contributed by atoms with Crippen molar-refractivity contribution in [1.29, 1.82) is 0 Å². The summed E-state index contributed by atoms with van der Waals surface area (Å²) in [6.07, 6.45) is 3.93. The molecule has 0 amide bonds. The summed E-state index contributed by atoms with van der Waals surface area (Å²) in [6.45, 7) is 4.24. The maximum atomic E-state index is 4.80. The number of aromatic nitrogens is 2. The highest BCUT2D eigenvalue weighted by Gasteiger charge is 2.15. The molecule has 0 bridgehead atoms. The molecule has 2 aromatic heterocycles. The zero-order valence-electron chi connectivity index (χ0n) is 16.0. The molecule has 0 radical (unpaired) electrons. The van der Waals surface area contributed by atoms with E-state index in [9.17, 15) is 0 Å². The monoisotopic (exact) mass is 360 g/mol. The van der Waals surface area contributed by atoms with Crippen molar-refractivity contribution >= 4 is 21.8 Å². The fourth-order valence-electron chi connectivity index (χ4n) is 4.10. The lowest BCUT2D eigenvalue weighted by Gasteiger charge is -2.14. The molecular weight excluding hydrogens is 340 g/mol. The van der Waals surface area contributed by atoms with E-state index < -0.39 is 0 Å². The predicted molar refractivity (Wildman–Crippen MR) is 117 cm³/mol. The lowest BCUT2D eigenvalue weighted by atomic mass is 9.93. The molecule has 0 spiro atoms. The number of rotatable bonds is 2. The van der Waals surface area contributed by atoms with E-state index in [2.05, 4.69) is 74.5 Å². The summed E-state index contributed by atoms with van der Waals surface area (Å²) in [5.74, 6) is 0. The highest BCUT2D eigenvalue weighted by molar-refractivity contribution is 6.12. The van der Waals surface area contributed by atoms with Gasteiger partial charge in [-0.3, -0.25) is 9.97 Å². The molecule has 134 valence electrons. The van der Waals surface area contributed by atoms with Crippen LogP contribution in [0.15, 0.2) is 85.2 Å². The highest BCUT2D eigenvalue weighted by Crippen LogP contribution is 2.37. The maximum Gasteiger partial charge on any atom is 0.0971 e. The molecule has 5 aromatic rings. The molecule has 5 rings (SSSR count). The van der Waals surface area contributed by atoms with Crippen molar-refractivity contribution in [2.24, 2.45) is 0 Å². The van der Waals surface area contributed by atoms with Crippen LogP contribution in [0.4, 0.5) is 0 Å². The van der Waals surface area contributed by atoms with E-state index in [1.807, 2.05) is 24.5 Å². The average molecular weight is 360 g/mol. The van der Waals surface area contributed by atoms with E-state index >= 15 is 0 Å². The molecule has 0 unspecified atom stereocenters. The van der Waals surface area contributed by atoms with Gasteiger partial charge in [0.1, 0.15) is 0 Å².